The zero-order chi connectivity index (χ0) is 15.9. The highest BCUT2D eigenvalue weighted by Gasteiger charge is 2.22. The van der Waals surface area contributed by atoms with Crippen molar-refractivity contribution in [1.82, 2.24) is 0 Å². The zero-order valence-corrected chi connectivity index (χ0v) is 13.6. The standard InChI is InChI=1S/C19H26F2O/c1-3-4-5-6-15-8-10-16(11-9-15)13-22-17-12-7-14(2)18(20)19(17)21/h3-4,7,12,15-16H,5-6,8-11,13H2,1-2H3/b4-3+. The Balaban J connectivity index is 1.76. The summed E-state index contributed by atoms with van der Waals surface area (Å²) in [6, 6.07) is 3.09. The number of rotatable bonds is 6. The van der Waals surface area contributed by atoms with E-state index in [0.717, 1.165) is 25.2 Å². The van der Waals surface area contributed by atoms with E-state index in [0.29, 0.717) is 18.1 Å². The van der Waals surface area contributed by atoms with Gasteiger partial charge in [0.15, 0.2) is 11.6 Å². The SMILES string of the molecule is C/C=C/CCC1CCC(COc2ccc(C)c(F)c2F)CC1. The van der Waals surface area contributed by atoms with E-state index in [2.05, 4.69) is 19.1 Å². The molecule has 0 amide bonds. The van der Waals surface area contributed by atoms with E-state index in [9.17, 15) is 8.78 Å². The van der Waals surface area contributed by atoms with Crippen molar-refractivity contribution in [3.8, 4) is 5.75 Å². The summed E-state index contributed by atoms with van der Waals surface area (Å²) in [5.41, 5.74) is 0.312. The van der Waals surface area contributed by atoms with Crippen LogP contribution in [-0.4, -0.2) is 6.61 Å². The molecule has 2 rings (SSSR count). The van der Waals surface area contributed by atoms with E-state index < -0.39 is 11.6 Å². The molecule has 0 saturated heterocycles. The number of hydrogen-bond acceptors (Lipinski definition) is 1. The summed E-state index contributed by atoms with van der Waals surface area (Å²) in [5, 5.41) is 0. The van der Waals surface area contributed by atoms with Crippen LogP contribution in [-0.2, 0) is 0 Å². The molecule has 3 heteroatoms. The maximum atomic E-state index is 13.7. The normalized spacial score (nSPS) is 22.2. The van der Waals surface area contributed by atoms with Crippen LogP contribution in [0.25, 0.3) is 0 Å². The molecule has 0 spiro atoms. The monoisotopic (exact) mass is 308 g/mol. The van der Waals surface area contributed by atoms with Crippen LogP contribution >= 0.6 is 0 Å². The van der Waals surface area contributed by atoms with Crippen molar-refractivity contribution < 1.29 is 13.5 Å². The Morgan fingerprint density at radius 1 is 1.09 bits per heavy atom. The van der Waals surface area contributed by atoms with Crippen LogP contribution in [0.5, 0.6) is 5.75 Å². The lowest BCUT2D eigenvalue weighted by atomic mass is 9.80. The third kappa shape index (κ3) is 4.56. The van der Waals surface area contributed by atoms with Gasteiger partial charge in [-0.3, -0.25) is 0 Å². The fraction of sp³-hybridized carbons (Fsp3) is 0.579. The van der Waals surface area contributed by atoms with Gasteiger partial charge in [0.05, 0.1) is 6.61 Å². The second-order valence-corrected chi connectivity index (χ2v) is 6.35. The molecular formula is C19H26F2O. The van der Waals surface area contributed by atoms with Gasteiger partial charge in [0.1, 0.15) is 0 Å². The van der Waals surface area contributed by atoms with Gasteiger partial charge in [-0.25, -0.2) is 4.39 Å². The average molecular weight is 308 g/mol. The summed E-state index contributed by atoms with van der Waals surface area (Å²) < 4.78 is 32.8. The molecule has 22 heavy (non-hydrogen) atoms. The van der Waals surface area contributed by atoms with Gasteiger partial charge < -0.3 is 4.74 Å². The molecule has 0 unspecified atom stereocenters. The van der Waals surface area contributed by atoms with E-state index in [1.165, 1.54) is 25.3 Å². The topological polar surface area (TPSA) is 9.23 Å². The van der Waals surface area contributed by atoms with Gasteiger partial charge in [-0.1, -0.05) is 31.1 Å². The number of hydrogen-bond donors (Lipinski definition) is 0. The first-order chi connectivity index (χ1) is 10.6. The molecule has 1 aromatic carbocycles. The first kappa shape index (κ1) is 17.0. The van der Waals surface area contributed by atoms with Crippen molar-refractivity contribution in [2.45, 2.75) is 52.4 Å². The van der Waals surface area contributed by atoms with Crippen LogP contribution in [0.2, 0.25) is 0 Å². The third-order valence-corrected chi connectivity index (χ3v) is 4.66. The number of allylic oxidation sites excluding steroid dienone is 2. The summed E-state index contributed by atoms with van der Waals surface area (Å²) >= 11 is 0. The van der Waals surface area contributed by atoms with Gasteiger partial charge in [0.25, 0.3) is 0 Å². The predicted octanol–water partition coefficient (Wildman–Crippen LogP) is 5.81. The van der Waals surface area contributed by atoms with Gasteiger partial charge in [-0.2, -0.15) is 4.39 Å². The van der Waals surface area contributed by atoms with E-state index in [4.69, 9.17) is 4.74 Å². The van der Waals surface area contributed by atoms with Gasteiger partial charge in [0.2, 0.25) is 5.82 Å². The molecule has 0 aliphatic heterocycles. The Bertz CT molecular complexity index is 502. The lowest BCUT2D eigenvalue weighted by Gasteiger charge is -2.28. The molecule has 0 radical (unpaired) electrons. The molecule has 122 valence electrons. The fourth-order valence-electron chi connectivity index (χ4n) is 3.13. The Morgan fingerprint density at radius 3 is 2.45 bits per heavy atom. The number of ether oxygens (including phenoxy) is 1. The summed E-state index contributed by atoms with van der Waals surface area (Å²) in [6.45, 7) is 4.10. The predicted molar refractivity (Wildman–Crippen MR) is 86.1 cm³/mol. The molecular weight excluding hydrogens is 282 g/mol. The van der Waals surface area contributed by atoms with E-state index >= 15 is 0 Å². The highest BCUT2D eigenvalue weighted by molar-refractivity contribution is 5.30. The molecule has 0 N–H and O–H groups in total. The Hall–Kier alpha value is -1.38. The second kappa shape index (κ2) is 8.30. The van der Waals surface area contributed by atoms with E-state index in [1.54, 1.807) is 13.0 Å². The van der Waals surface area contributed by atoms with Crippen molar-refractivity contribution in [1.29, 1.82) is 0 Å². The largest absolute Gasteiger partial charge is 0.490 e. The van der Waals surface area contributed by atoms with Crippen molar-refractivity contribution >= 4 is 0 Å². The van der Waals surface area contributed by atoms with Crippen LogP contribution in [0.15, 0.2) is 24.3 Å². The fourth-order valence-corrected chi connectivity index (χ4v) is 3.13. The summed E-state index contributed by atoms with van der Waals surface area (Å²) in [4.78, 5) is 0. The Labute approximate surface area is 132 Å². The number of benzene rings is 1. The molecule has 1 aliphatic rings. The minimum absolute atomic E-state index is 0.0401. The molecule has 1 aromatic rings. The highest BCUT2D eigenvalue weighted by atomic mass is 19.2. The van der Waals surface area contributed by atoms with Crippen LogP contribution < -0.4 is 4.74 Å². The van der Waals surface area contributed by atoms with Crippen LogP contribution in [0, 0.1) is 30.4 Å². The number of aryl methyl sites for hydroxylation is 1. The molecule has 1 nitrogen and oxygen atoms in total. The Morgan fingerprint density at radius 2 is 1.77 bits per heavy atom. The Kier molecular flexibility index (Phi) is 6.41. The van der Waals surface area contributed by atoms with Crippen LogP contribution in [0.3, 0.4) is 0 Å². The lowest BCUT2D eigenvalue weighted by molar-refractivity contribution is 0.174. The molecule has 0 atom stereocenters. The lowest BCUT2D eigenvalue weighted by Crippen LogP contribution is -2.20. The maximum absolute atomic E-state index is 13.7. The first-order valence-electron chi connectivity index (χ1n) is 8.30. The van der Waals surface area contributed by atoms with Gasteiger partial charge in [0, 0.05) is 0 Å². The van der Waals surface area contributed by atoms with E-state index in [-0.39, 0.29) is 5.75 Å². The second-order valence-electron chi connectivity index (χ2n) is 6.35. The molecule has 0 heterocycles. The van der Waals surface area contributed by atoms with Gasteiger partial charge >= 0.3 is 0 Å². The van der Waals surface area contributed by atoms with E-state index in [1.807, 2.05) is 0 Å². The molecule has 1 aliphatic carbocycles. The number of halogens is 2. The van der Waals surface area contributed by atoms with Crippen LogP contribution in [0.1, 0.15) is 51.0 Å². The van der Waals surface area contributed by atoms with Crippen molar-refractivity contribution in [3.05, 3.63) is 41.5 Å². The summed E-state index contributed by atoms with van der Waals surface area (Å²) in [6.07, 6.45) is 11.4. The quantitative estimate of drug-likeness (QED) is 0.602. The maximum Gasteiger partial charge on any atom is 0.200 e. The zero-order valence-electron chi connectivity index (χ0n) is 13.6. The van der Waals surface area contributed by atoms with Gasteiger partial charge in [-0.15, -0.1) is 0 Å². The smallest absolute Gasteiger partial charge is 0.200 e. The highest BCUT2D eigenvalue weighted by Crippen LogP contribution is 2.32. The minimum Gasteiger partial charge on any atom is -0.490 e. The molecule has 0 bridgehead atoms. The average Bonchev–Trinajstić information content (AvgIpc) is 2.53. The third-order valence-electron chi connectivity index (χ3n) is 4.66. The molecule has 1 saturated carbocycles. The first-order valence-corrected chi connectivity index (χ1v) is 8.30. The van der Waals surface area contributed by atoms with Crippen LogP contribution in [0.4, 0.5) is 8.78 Å². The van der Waals surface area contributed by atoms with Crippen molar-refractivity contribution in [3.63, 3.8) is 0 Å². The summed E-state index contributed by atoms with van der Waals surface area (Å²) in [7, 11) is 0. The molecule has 0 aromatic heterocycles. The minimum atomic E-state index is -0.861. The van der Waals surface area contributed by atoms with Crippen molar-refractivity contribution in [2.75, 3.05) is 6.61 Å². The van der Waals surface area contributed by atoms with Gasteiger partial charge in [-0.05, 0) is 63.0 Å². The summed E-state index contributed by atoms with van der Waals surface area (Å²) in [5.74, 6) is -0.355. The van der Waals surface area contributed by atoms with Crippen molar-refractivity contribution in [2.24, 2.45) is 11.8 Å². The molecule has 1 fully saturated rings.